The first kappa shape index (κ1) is 20.1. The molecule has 0 saturated carbocycles. The summed E-state index contributed by atoms with van der Waals surface area (Å²) >= 11 is 5.61. The molecule has 1 fully saturated rings. The number of benzene rings is 2. The zero-order valence-corrected chi connectivity index (χ0v) is 17.5. The maximum Gasteiger partial charge on any atom is 0.340 e. The topological polar surface area (TPSA) is 44.8 Å². The average Bonchev–Trinajstić information content (AvgIpc) is 2.70. The van der Waals surface area contributed by atoms with Crippen LogP contribution < -0.4 is 10.2 Å². The van der Waals surface area contributed by atoms with Crippen LogP contribution in [0.3, 0.4) is 0 Å². The third kappa shape index (κ3) is 4.62. The standard InChI is InChI=1S/C22H27N3O2S/c1-4-27-21(26)18-7-5-6-8-19(18)23-22(28)25-13-11-24(12-14-25)20-15-16(2)9-10-17(20)3/h5-10,15H,4,11-14H2,1-3H3,(H,23,28). The molecule has 1 saturated heterocycles. The Kier molecular flexibility index (Phi) is 6.52. The molecule has 0 unspecified atom stereocenters. The van der Waals surface area contributed by atoms with E-state index in [-0.39, 0.29) is 5.97 Å². The summed E-state index contributed by atoms with van der Waals surface area (Å²) in [6, 6.07) is 13.9. The molecule has 1 N–H and O–H groups in total. The van der Waals surface area contributed by atoms with Gasteiger partial charge in [-0.05, 0) is 62.3 Å². The summed E-state index contributed by atoms with van der Waals surface area (Å²) < 4.78 is 5.14. The monoisotopic (exact) mass is 397 g/mol. The molecule has 5 nitrogen and oxygen atoms in total. The summed E-state index contributed by atoms with van der Waals surface area (Å²) in [5.41, 5.74) is 5.05. The molecule has 0 aliphatic carbocycles. The van der Waals surface area contributed by atoms with Crippen LogP contribution >= 0.6 is 12.2 Å². The van der Waals surface area contributed by atoms with E-state index in [9.17, 15) is 4.79 Å². The average molecular weight is 398 g/mol. The molecule has 1 aliphatic heterocycles. The Balaban J connectivity index is 1.63. The number of nitrogens with one attached hydrogen (secondary N) is 1. The van der Waals surface area contributed by atoms with Gasteiger partial charge in [-0.25, -0.2) is 4.79 Å². The predicted octanol–water partition coefficient (Wildman–Crippen LogP) is 4.00. The van der Waals surface area contributed by atoms with E-state index in [4.69, 9.17) is 17.0 Å². The van der Waals surface area contributed by atoms with Crippen LogP contribution in [0.5, 0.6) is 0 Å². The number of hydrogen-bond acceptors (Lipinski definition) is 4. The number of piperazine rings is 1. The molecule has 1 heterocycles. The second-order valence-electron chi connectivity index (χ2n) is 6.96. The molecule has 2 aromatic carbocycles. The van der Waals surface area contributed by atoms with Crippen LogP contribution in [0, 0.1) is 13.8 Å². The molecule has 0 aromatic heterocycles. The second kappa shape index (κ2) is 9.06. The molecule has 148 valence electrons. The Morgan fingerprint density at radius 3 is 2.54 bits per heavy atom. The fourth-order valence-corrected chi connectivity index (χ4v) is 3.68. The van der Waals surface area contributed by atoms with Crippen molar-refractivity contribution in [1.82, 2.24) is 4.90 Å². The van der Waals surface area contributed by atoms with Gasteiger partial charge in [0.1, 0.15) is 0 Å². The number of rotatable bonds is 4. The molecule has 1 aliphatic rings. The molecule has 0 amide bonds. The predicted molar refractivity (Wildman–Crippen MR) is 118 cm³/mol. The van der Waals surface area contributed by atoms with Crippen molar-refractivity contribution in [3.8, 4) is 0 Å². The highest BCUT2D eigenvalue weighted by atomic mass is 32.1. The summed E-state index contributed by atoms with van der Waals surface area (Å²) in [6.07, 6.45) is 0. The Bertz CT molecular complexity index is 861. The van der Waals surface area contributed by atoms with Crippen molar-refractivity contribution >= 4 is 34.7 Å². The number of aryl methyl sites for hydroxylation is 2. The van der Waals surface area contributed by atoms with E-state index in [1.54, 1.807) is 13.0 Å². The van der Waals surface area contributed by atoms with E-state index in [1.807, 2.05) is 18.2 Å². The van der Waals surface area contributed by atoms with E-state index >= 15 is 0 Å². The lowest BCUT2D eigenvalue weighted by Crippen LogP contribution is -2.50. The first-order valence-corrected chi connectivity index (χ1v) is 10.0. The number of thiocarbonyl (C=S) groups is 1. The summed E-state index contributed by atoms with van der Waals surface area (Å²) in [5.74, 6) is -0.340. The fourth-order valence-electron chi connectivity index (χ4n) is 3.38. The molecule has 0 bridgehead atoms. The van der Waals surface area contributed by atoms with Gasteiger partial charge in [0.2, 0.25) is 0 Å². The van der Waals surface area contributed by atoms with Gasteiger partial charge in [0, 0.05) is 31.9 Å². The molecule has 0 radical (unpaired) electrons. The normalized spacial score (nSPS) is 14.0. The largest absolute Gasteiger partial charge is 0.462 e. The maximum atomic E-state index is 12.2. The Hall–Kier alpha value is -2.60. The van der Waals surface area contributed by atoms with Gasteiger partial charge >= 0.3 is 5.97 Å². The summed E-state index contributed by atoms with van der Waals surface area (Å²) in [7, 11) is 0. The fraction of sp³-hybridized carbons (Fsp3) is 0.364. The third-order valence-corrected chi connectivity index (χ3v) is 5.30. The molecule has 28 heavy (non-hydrogen) atoms. The van der Waals surface area contributed by atoms with Crippen molar-refractivity contribution in [1.29, 1.82) is 0 Å². The number of carbonyl (C=O) groups excluding carboxylic acids is 1. The summed E-state index contributed by atoms with van der Waals surface area (Å²) in [6.45, 7) is 9.91. The van der Waals surface area contributed by atoms with Crippen LogP contribution in [0.15, 0.2) is 42.5 Å². The number of hydrogen-bond donors (Lipinski definition) is 1. The van der Waals surface area contributed by atoms with Gasteiger partial charge in [0.15, 0.2) is 5.11 Å². The lowest BCUT2D eigenvalue weighted by Gasteiger charge is -2.38. The molecular weight excluding hydrogens is 370 g/mol. The minimum atomic E-state index is -0.340. The van der Waals surface area contributed by atoms with Crippen molar-refractivity contribution in [3.63, 3.8) is 0 Å². The van der Waals surface area contributed by atoms with E-state index < -0.39 is 0 Å². The van der Waals surface area contributed by atoms with E-state index in [2.05, 4.69) is 47.2 Å². The maximum absolute atomic E-state index is 12.2. The minimum Gasteiger partial charge on any atom is -0.462 e. The van der Waals surface area contributed by atoms with Crippen LogP contribution in [0.1, 0.15) is 28.4 Å². The Labute approximate surface area is 172 Å². The lowest BCUT2D eigenvalue weighted by molar-refractivity contribution is 0.0527. The van der Waals surface area contributed by atoms with Gasteiger partial charge < -0.3 is 19.9 Å². The minimum absolute atomic E-state index is 0.340. The molecular formula is C22H27N3O2S. The summed E-state index contributed by atoms with van der Waals surface area (Å²) in [4.78, 5) is 16.7. The van der Waals surface area contributed by atoms with Crippen LogP contribution in [0.2, 0.25) is 0 Å². The van der Waals surface area contributed by atoms with Gasteiger partial charge in [-0.15, -0.1) is 0 Å². The molecule has 0 spiro atoms. The van der Waals surface area contributed by atoms with Crippen molar-refractivity contribution in [2.75, 3.05) is 43.0 Å². The first-order valence-electron chi connectivity index (χ1n) is 9.64. The van der Waals surface area contributed by atoms with Crippen LogP contribution in [-0.4, -0.2) is 48.8 Å². The SMILES string of the molecule is CCOC(=O)c1ccccc1NC(=S)N1CCN(c2cc(C)ccc2C)CC1. The van der Waals surface area contributed by atoms with Crippen molar-refractivity contribution in [2.45, 2.75) is 20.8 Å². The summed E-state index contributed by atoms with van der Waals surface area (Å²) in [5, 5.41) is 3.87. The molecule has 6 heteroatoms. The van der Waals surface area contributed by atoms with Crippen molar-refractivity contribution in [2.24, 2.45) is 0 Å². The van der Waals surface area contributed by atoms with Gasteiger partial charge in [0.05, 0.1) is 17.9 Å². The number of carbonyl (C=O) groups is 1. The number of ether oxygens (including phenoxy) is 1. The number of esters is 1. The van der Waals surface area contributed by atoms with Crippen LogP contribution in [0.25, 0.3) is 0 Å². The Morgan fingerprint density at radius 2 is 1.82 bits per heavy atom. The highest BCUT2D eigenvalue weighted by Gasteiger charge is 2.21. The van der Waals surface area contributed by atoms with Crippen LogP contribution in [-0.2, 0) is 4.74 Å². The zero-order chi connectivity index (χ0) is 20.1. The van der Waals surface area contributed by atoms with Gasteiger partial charge in [-0.2, -0.15) is 0 Å². The quantitative estimate of drug-likeness (QED) is 0.622. The first-order chi connectivity index (χ1) is 13.5. The lowest BCUT2D eigenvalue weighted by atomic mass is 10.1. The van der Waals surface area contributed by atoms with Crippen molar-refractivity contribution in [3.05, 3.63) is 59.2 Å². The van der Waals surface area contributed by atoms with E-state index in [0.29, 0.717) is 23.0 Å². The third-order valence-electron chi connectivity index (χ3n) is 4.94. The molecule has 0 atom stereocenters. The van der Waals surface area contributed by atoms with Gasteiger partial charge in [-0.1, -0.05) is 24.3 Å². The number of nitrogens with zero attached hydrogens (tertiary/aromatic N) is 2. The van der Waals surface area contributed by atoms with E-state index in [1.165, 1.54) is 16.8 Å². The number of anilines is 2. The van der Waals surface area contributed by atoms with Gasteiger partial charge in [0.25, 0.3) is 0 Å². The Morgan fingerprint density at radius 1 is 1.11 bits per heavy atom. The highest BCUT2D eigenvalue weighted by Crippen LogP contribution is 2.23. The smallest absolute Gasteiger partial charge is 0.340 e. The number of para-hydroxylation sites is 1. The highest BCUT2D eigenvalue weighted by molar-refractivity contribution is 7.80. The van der Waals surface area contributed by atoms with Crippen LogP contribution in [0.4, 0.5) is 11.4 Å². The van der Waals surface area contributed by atoms with Gasteiger partial charge in [-0.3, -0.25) is 0 Å². The molecule has 2 aromatic rings. The zero-order valence-electron chi connectivity index (χ0n) is 16.7. The van der Waals surface area contributed by atoms with E-state index in [0.717, 1.165) is 26.2 Å². The second-order valence-corrected chi connectivity index (χ2v) is 7.35. The van der Waals surface area contributed by atoms with Crippen molar-refractivity contribution < 1.29 is 9.53 Å². The molecule has 3 rings (SSSR count).